The lowest BCUT2D eigenvalue weighted by Crippen LogP contribution is -2.19. The van der Waals surface area contributed by atoms with Crippen molar-refractivity contribution in [2.45, 2.75) is 26.2 Å². The molecule has 84 valence electrons. The van der Waals surface area contributed by atoms with E-state index in [4.69, 9.17) is 5.73 Å². The number of rotatable bonds is 7. The van der Waals surface area contributed by atoms with Crippen molar-refractivity contribution in [3.05, 3.63) is 35.4 Å². The van der Waals surface area contributed by atoms with Gasteiger partial charge in [0.25, 0.3) is 0 Å². The minimum Gasteiger partial charge on any atom is -0.330 e. The molecule has 0 aliphatic rings. The summed E-state index contributed by atoms with van der Waals surface area (Å²) in [5.74, 6) is 0. The molecule has 1 rings (SSSR count). The molecule has 0 spiro atoms. The molecule has 0 amide bonds. The topological polar surface area (TPSA) is 38.0 Å². The first kappa shape index (κ1) is 12.2. The van der Waals surface area contributed by atoms with Gasteiger partial charge in [0.05, 0.1) is 0 Å². The third-order valence-electron chi connectivity index (χ3n) is 2.64. The number of nitrogens with one attached hydrogen (secondary N) is 1. The first-order valence-electron chi connectivity index (χ1n) is 5.80. The smallest absolute Gasteiger partial charge is 0.000825 e. The van der Waals surface area contributed by atoms with Crippen LogP contribution in [0.1, 0.15) is 24.0 Å². The number of hydrogen-bond donors (Lipinski definition) is 2. The van der Waals surface area contributed by atoms with Crippen LogP contribution in [0.5, 0.6) is 0 Å². The molecule has 3 N–H and O–H groups in total. The Morgan fingerprint density at radius 3 is 2.67 bits per heavy atom. The van der Waals surface area contributed by atoms with Crippen LogP contribution in [0.3, 0.4) is 0 Å². The number of unbranched alkanes of at least 4 members (excludes halogenated alkanes) is 1. The van der Waals surface area contributed by atoms with Gasteiger partial charge in [-0.25, -0.2) is 0 Å². The van der Waals surface area contributed by atoms with E-state index < -0.39 is 0 Å². The van der Waals surface area contributed by atoms with Gasteiger partial charge in [0.15, 0.2) is 0 Å². The molecule has 0 aromatic heterocycles. The van der Waals surface area contributed by atoms with Crippen LogP contribution in [0, 0.1) is 6.92 Å². The van der Waals surface area contributed by atoms with Crippen molar-refractivity contribution in [2.24, 2.45) is 5.73 Å². The molecular weight excluding hydrogens is 184 g/mol. The van der Waals surface area contributed by atoms with Gasteiger partial charge >= 0.3 is 0 Å². The lowest BCUT2D eigenvalue weighted by molar-refractivity contribution is 0.626. The molecule has 0 bridgehead atoms. The van der Waals surface area contributed by atoms with Crippen LogP contribution >= 0.6 is 0 Å². The van der Waals surface area contributed by atoms with Gasteiger partial charge in [-0.3, -0.25) is 0 Å². The van der Waals surface area contributed by atoms with E-state index in [1.807, 2.05) is 0 Å². The van der Waals surface area contributed by atoms with Crippen molar-refractivity contribution in [3.63, 3.8) is 0 Å². The molecule has 2 nitrogen and oxygen atoms in total. The molecule has 0 heterocycles. The highest BCUT2D eigenvalue weighted by molar-refractivity contribution is 5.25. The Labute approximate surface area is 92.9 Å². The predicted octanol–water partition coefficient (Wildman–Crippen LogP) is 1.87. The highest BCUT2D eigenvalue weighted by atomic mass is 14.8. The summed E-state index contributed by atoms with van der Waals surface area (Å²) in [5, 5.41) is 3.44. The summed E-state index contributed by atoms with van der Waals surface area (Å²) in [6.45, 7) is 5.13. The lowest BCUT2D eigenvalue weighted by Gasteiger charge is -2.06. The zero-order chi connectivity index (χ0) is 10.9. The minimum atomic E-state index is 0.805. The number of aryl methyl sites for hydroxylation is 1. The van der Waals surface area contributed by atoms with Gasteiger partial charge in [-0.1, -0.05) is 24.3 Å². The van der Waals surface area contributed by atoms with Crippen LogP contribution in [0.4, 0.5) is 0 Å². The van der Waals surface area contributed by atoms with Gasteiger partial charge in [0.2, 0.25) is 0 Å². The molecule has 0 unspecified atom stereocenters. The summed E-state index contributed by atoms with van der Waals surface area (Å²) in [7, 11) is 0. The molecule has 0 aliphatic heterocycles. The van der Waals surface area contributed by atoms with Crippen molar-refractivity contribution in [1.82, 2.24) is 5.32 Å². The zero-order valence-corrected chi connectivity index (χ0v) is 9.63. The van der Waals surface area contributed by atoms with Gasteiger partial charge in [-0.15, -0.1) is 0 Å². The monoisotopic (exact) mass is 206 g/mol. The minimum absolute atomic E-state index is 0.805. The number of benzene rings is 1. The fourth-order valence-electron chi connectivity index (χ4n) is 1.63. The van der Waals surface area contributed by atoms with E-state index >= 15 is 0 Å². The molecule has 0 atom stereocenters. The molecule has 1 aromatic rings. The van der Waals surface area contributed by atoms with E-state index in [-0.39, 0.29) is 0 Å². The summed E-state index contributed by atoms with van der Waals surface area (Å²) in [5.41, 5.74) is 8.26. The van der Waals surface area contributed by atoms with Gasteiger partial charge in [-0.2, -0.15) is 0 Å². The van der Waals surface area contributed by atoms with Crippen molar-refractivity contribution in [1.29, 1.82) is 0 Å². The first-order chi connectivity index (χ1) is 7.34. The average molecular weight is 206 g/mol. The van der Waals surface area contributed by atoms with Gasteiger partial charge in [0, 0.05) is 0 Å². The normalized spacial score (nSPS) is 10.5. The van der Waals surface area contributed by atoms with Gasteiger partial charge < -0.3 is 11.1 Å². The zero-order valence-electron chi connectivity index (χ0n) is 9.63. The molecule has 1 aromatic carbocycles. The molecule has 0 radical (unpaired) electrons. The largest absolute Gasteiger partial charge is 0.330 e. The highest BCUT2D eigenvalue weighted by Gasteiger charge is 1.95. The van der Waals surface area contributed by atoms with Crippen molar-refractivity contribution >= 4 is 0 Å². The van der Waals surface area contributed by atoms with E-state index in [0.29, 0.717) is 0 Å². The van der Waals surface area contributed by atoms with Crippen LogP contribution < -0.4 is 11.1 Å². The lowest BCUT2D eigenvalue weighted by atomic mass is 10.1. The molecule has 15 heavy (non-hydrogen) atoms. The van der Waals surface area contributed by atoms with Crippen LogP contribution in [0.2, 0.25) is 0 Å². The predicted molar refractivity (Wildman–Crippen MR) is 66.0 cm³/mol. The molecule has 0 saturated carbocycles. The summed E-state index contributed by atoms with van der Waals surface area (Å²) < 4.78 is 0. The maximum Gasteiger partial charge on any atom is -0.000825 e. The maximum atomic E-state index is 5.43. The molecular formula is C13H22N2. The van der Waals surface area contributed by atoms with Crippen LogP contribution in [0.25, 0.3) is 0 Å². The third kappa shape index (κ3) is 4.96. The SMILES string of the molecule is Cc1ccccc1CCNCCCCN. The summed E-state index contributed by atoms with van der Waals surface area (Å²) in [6.07, 6.45) is 3.43. The molecule has 2 heteroatoms. The maximum absolute atomic E-state index is 5.43. The number of hydrogen-bond acceptors (Lipinski definition) is 2. The van der Waals surface area contributed by atoms with E-state index in [9.17, 15) is 0 Å². The van der Waals surface area contributed by atoms with Crippen molar-refractivity contribution in [3.8, 4) is 0 Å². The Kier molecular flexibility index (Phi) is 6.05. The molecule has 0 fully saturated rings. The highest BCUT2D eigenvalue weighted by Crippen LogP contribution is 2.06. The fraction of sp³-hybridized carbons (Fsp3) is 0.538. The first-order valence-corrected chi connectivity index (χ1v) is 5.80. The van der Waals surface area contributed by atoms with E-state index in [0.717, 1.165) is 32.5 Å². The fourth-order valence-corrected chi connectivity index (χ4v) is 1.63. The van der Waals surface area contributed by atoms with Crippen molar-refractivity contribution in [2.75, 3.05) is 19.6 Å². The number of nitrogens with two attached hydrogens (primary N) is 1. The van der Waals surface area contributed by atoms with Gasteiger partial charge in [-0.05, 0) is 56.9 Å². The van der Waals surface area contributed by atoms with Crippen LogP contribution in [0.15, 0.2) is 24.3 Å². The second-order valence-electron chi connectivity index (χ2n) is 3.92. The van der Waals surface area contributed by atoms with Crippen LogP contribution in [-0.2, 0) is 6.42 Å². The Morgan fingerprint density at radius 1 is 1.13 bits per heavy atom. The van der Waals surface area contributed by atoms with Gasteiger partial charge in [0.1, 0.15) is 0 Å². The summed E-state index contributed by atoms with van der Waals surface area (Å²) >= 11 is 0. The van der Waals surface area contributed by atoms with E-state index in [2.05, 4.69) is 36.5 Å². The van der Waals surface area contributed by atoms with Crippen LogP contribution in [-0.4, -0.2) is 19.6 Å². The second-order valence-corrected chi connectivity index (χ2v) is 3.92. The Bertz CT molecular complexity index is 271. The van der Waals surface area contributed by atoms with E-state index in [1.54, 1.807) is 0 Å². The Morgan fingerprint density at radius 2 is 1.93 bits per heavy atom. The van der Waals surface area contributed by atoms with E-state index in [1.165, 1.54) is 17.5 Å². The average Bonchev–Trinajstić information content (AvgIpc) is 2.25. The summed E-state index contributed by atoms with van der Waals surface area (Å²) in [6, 6.07) is 8.57. The Hall–Kier alpha value is -0.860. The molecule has 0 saturated heterocycles. The molecule has 0 aliphatic carbocycles. The van der Waals surface area contributed by atoms with Crippen molar-refractivity contribution < 1.29 is 0 Å². The standard InChI is InChI=1S/C13H22N2/c1-12-6-2-3-7-13(12)8-11-15-10-5-4-9-14/h2-3,6-7,15H,4-5,8-11,14H2,1H3. The summed E-state index contributed by atoms with van der Waals surface area (Å²) in [4.78, 5) is 0. The second kappa shape index (κ2) is 7.43. The Balaban J connectivity index is 2.12. The quantitative estimate of drug-likeness (QED) is 0.668. The third-order valence-corrected chi connectivity index (χ3v) is 2.64.